The molecule has 0 amide bonds. The normalized spacial score (nSPS) is 21.0. The zero-order valence-electron chi connectivity index (χ0n) is 16.4. The molecule has 1 fully saturated rings. The molecule has 4 rings (SSSR count). The van der Waals surface area contributed by atoms with Gasteiger partial charge in [-0.1, -0.05) is 60.2 Å². The number of hydrogen-bond donors (Lipinski definition) is 0. The summed E-state index contributed by atoms with van der Waals surface area (Å²) in [5, 5.41) is 0. The van der Waals surface area contributed by atoms with Crippen LogP contribution in [0, 0.1) is 6.92 Å². The Bertz CT molecular complexity index is 1210. The molecule has 0 radical (unpaired) electrons. The highest BCUT2D eigenvalue weighted by Gasteiger charge is 2.60. The van der Waals surface area contributed by atoms with Gasteiger partial charge in [-0.2, -0.15) is 17.5 Å². The first-order valence-corrected chi connectivity index (χ1v) is 10.9. The first-order chi connectivity index (χ1) is 14.6. The van der Waals surface area contributed by atoms with Gasteiger partial charge in [0.05, 0.1) is 16.5 Å². The molecule has 1 aliphatic heterocycles. The molecule has 0 spiro atoms. The van der Waals surface area contributed by atoms with Crippen LogP contribution < -0.4 is 0 Å². The van der Waals surface area contributed by atoms with Crippen LogP contribution in [-0.2, 0) is 16.2 Å². The minimum Gasteiger partial charge on any atom is -0.292 e. The van der Waals surface area contributed by atoms with E-state index in [2.05, 4.69) is 0 Å². The van der Waals surface area contributed by atoms with Gasteiger partial charge in [-0.3, -0.25) is 4.79 Å². The summed E-state index contributed by atoms with van der Waals surface area (Å²) in [5.41, 5.74) is 0.689. The van der Waals surface area contributed by atoms with Crippen molar-refractivity contribution < 1.29 is 26.4 Å². The van der Waals surface area contributed by atoms with Crippen molar-refractivity contribution in [3.8, 4) is 0 Å². The van der Waals surface area contributed by atoms with Gasteiger partial charge in [0.25, 0.3) is 0 Å². The van der Waals surface area contributed by atoms with E-state index in [1.165, 1.54) is 12.1 Å². The molecule has 3 aromatic carbocycles. The van der Waals surface area contributed by atoms with Crippen molar-refractivity contribution in [1.82, 2.24) is 4.31 Å². The van der Waals surface area contributed by atoms with Crippen LogP contribution in [0.3, 0.4) is 0 Å². The van der Waals surface area contributed by atoms with Gasteiger partial charge in [0.15, 0.2) is 5.78 Å². The fourth-order valence-corrected chi connectivity index (χ4v) is 5.29. The van der Waals surface area contributed by atoms with E-state index in [0.717, 1.165) is 34.1 Å². The van der Waals surface area contributed by atoms with Gasteiger partial charge in [-0.25, -0.2) is 8.42 Å². The summed E-state index contributed by atoms with van der Waals surface area (Å²) in [7, 11) is -3.98. The number of carbonyl (C=O) groups is 1. The Morgan fingerprint density at radius 1 is 0.871 bits per heavy atom. The molecule has 3 atom stereocenters. The van der Waals surface area contributed by atoms with E-state index in [1.807, 2.05) is 6.92 Å². The largest absolute Gasteiger partial charge is 0.416 e. The Labute approximate surface area is 178 Å². The average Bonchev–Trinajstić information content (AvgIpc) is 3.50. The van der Waals surface area contributed by atoms with Crippen molar-refractivity contribution in [1.29, 1.82) is 0 Å². The highest BCUT2D eigenvalue weighted by Crippen LogP contribution is 2.49. The number of hydrogen-bond acceptors (Lipinski definition) is 3. The second kappa shape index (κ2) is 7.62. The van der Waals surface area contributed by atoms with Crippen LogP contribution in [0.5, 0.6) is 0 Å². The Morgan fingerprint density at radius 3 is 2.00 bits per heavy atom. The molecular weight excluding hydrogens is 427 g/mol. The molecule has 31 heavy (non-hydrogen) atoms. The lowest BCUT2D eigenvalue weighted by atomic mass is 10.0. The molecule has 1 saturated heterocycles. The Kier molecular flexibility index (Phi) is 5.23. The molecule has 0 aliphatic carbocycles. The van der Waals surface area contributed by atoms with E-state index in [1.54, 1.807) is 42.5 Å². The summed E-state index contributed by atoms with van der Waals surface area (Å²) < 4.78 is 66.1. The lowest BCUT2D eigenvalue weighted by Gasteiger charge is -2.08. The number of Topliss-reactive ketones (excluding diaryl/α,β-unsaturated/α-hetero) is 1. The zero-order valence-corrected chi connectivity index (χ0v) is 17.2. The van der Waals surface area contributed by atoms with E-state index >= 15 is 0 Å². The molecule has 4 nitrogen and oxygen atoms in total. The number of alkyl halides is 3. The van der Waals surface area contributed by atoms with Crippen LogP contribution in [0.1, 0.15) is 33.1 Å². The third-order valence-electron chi connectivity index (χ3n) is 5.26. The highest BCUT2D eigenvalue weighted by molar-refractivity contribution is 7.89. The van der Waals surface area contributed by atoms with E-state index < -0.39 is 39.6 Å². The maximum absolute atomic E-state index is 13.2. The summed E-state index contributed by atoms with van der Waals surface area (Å²) in [6, 6.07) is 17.1. The lowest BCUT2D eigenvalue weighted by molar-refractivity contribution is -0.137. The highest BCUT2D eigenvalue weighted by atomic mass is 32.2. The number of sulfonamides is 1. The van der Waals surface area contributed by atoms with Crippen molar-refractivity contribution in [3.63, 3.8) is 0 Å². The summed E-state index contributed by atoms with van der Waals surface area (Å²) in [5.74, 6) is -0.543. The van der Waals surface area contributed by atoms with Crippen LogP contribution in [0.4, 0.5) is 13.2 Å². The standard InChI is InChI=1S/C23H18F3NO3S/c1-15-7-13-19(14-8-15)31(29,30)27-20(16-5-3-2-4-6-16)21(27)22(28)17-9-11-18(12-10-17)23(24,25)26/h2-14,20-21H,1H3/t20-,21+,27?/m0/s1. The number of rotatable bonds is 5. The zero-order chi connectivity index (χ0) is 22.4. The topological polar surface area (TPSA) is 54.2 Å². The lowest BCUT2D eigenvalue weighted by Crippen LogP contribution is -2.20. The van der Waals surface area contributed by atoms with Crippen LogP contribution in [0.15, 0.2) is 83.8 Å². The summed E-state index contributed by atoms with van der Waals surface area (Å²) in [6.45, 7) is 1.83. The van der Waals surface area contributed by atoms with Crippen LogP contribution in [0.25, 0.3) is 0 Å². The maximum Gasteiger partial charge on any atom is 0.416 e. The summed E-state index contributed by atoms with van der Waals surface area (Å²) in [4.78, 5) is 13.2. The first-order valence-electron chi connectivity index (χ1n) is 9.47. The van der Waals surface area contributed by atoms with Gasteiger partial charge in [0.2, 0.25) is 10.0 Å². The third kappa shape index (κ3) is 4.00. The quantitative estimate of drug-likeness (QED) is 0.410. The molecule has 160 valence electrons. The number of carbonyl (C=O) groups excluding carboxylic acids is 1. The molecule has 0 bridgehead atoms. The molecule has 1 unspecified atom stereocenters. The van der Waals surface area contributed by atoms with Crippen LogP contribution >= 0.6 is 0 Å². The van der Waals surface area contributed by atoms with Gasteiger partial charge in [0, 0.05) is 5.56 Å². The number of benzene rings is 3. The van der Waals surface area contributed by atoms with Crippen LogP contribution in [-0.4, -0.2) is 24.5 Å². The minimum absolute atomic E-state index is 0.0283. The number of halogens is 3. The Morgan fingerprint density at radius 2 is 1.45 bits per heavy atom. The van der Waals surface area contributed by atoms with E-state index in [9.17, 15) is 26.4 Å². The second-order valence-electron chi connectivity index (χ2n) is 7.39. The van der Waals surface area contributed by atoms with Crippen molar-refractivity contribution in [2.75, 3.05) is 0 Å². The van der Waals surface area contributed by atoms with Crippen molar-refractivity contribution >= 4 is 15.8 Å². The van der Waals surface area contributed by atoms with Crippen LogP contribution in [0.2, 0.25) is 0 Å². The Balaban J connectivity index is 1.70. The smallest absolute Gasteiger partial charge is 0.292 e. The van der Waals surface area contributed by atoms with E-state index in [-0.39, 0.29) is 10.5 Å². The van der Waals surface area contributed by atoms with Gasteiger partial charge >= 0.3 is 6.18 Å². The molecule has 1 aliphatic rings. The molecule has 0 saturated carbocycles. The molecule has 0 N–H and O–H groups in total. The van der Waals surface area contributed by atoms with Gasteiger partial charge < -0.3 is 0 Å². The van der Waals surface area contributed by atoms with E-state index in [0.29, 0.717) is 5.56 Å². The summed E-state index contributed by atoms with van der Waals surface area (Å²) >= 11 is 0. The van der Waals surface area contributed by atoms with E-state index in [4.69, 9.17) is 0 Å². The minimum atomic E-state index is -4.52. The first kappa shape index (κ1) is 21.3. The Hall–Kier alpha value is -2.97. The van der Waals surface area contributed by atoms with Gasteiger partial charge in [-0.05, 0) is 36.8 Å². The molecule has 8 heteroatoms. The van der Waals surface area contributed by atoms with Gasteiger partial charge in [-0.15, -0.1) is 0 Å². The second-order valence-corrected chi connectivity index (χ2v) is 9.23. The fourth-order valence-electron chi connectivity index (χ4n) is 3.57. The monoisotopic (exact) mass is 445 g/mol. The summed E-state index contributed by atoms with van der Waals surface area (Å²) in [6.07, 6.45) is -4.52. The SMILES string of the molecule is Cc1ccc(S(=O)(=O)N2[C@@H](C(=O)c3ccc(C(F)(F)F)cc3)[C@@H]2c2ccccc2)cc1. The molecule has 0 aromatic heterocycles. The van der Waals surface area contributed by atoms with Gasteiger partial charge in [0.1, 0.15) is 6.04 Å². The van der Waals surface area contributed by atoms with Crippen molar-refractivity contribution in [2.24, 2.45) is 0 Å². The number of aryl methyl sites for hydroxylation is 1. The number of nitrogens with zero attached hydrogens (tertiary/aromatic N) is 1. The number of ketones is 1. The van der Waals surface area contributed by atoms with Crippen molar-refractivity contribution in [3.05, 3.63) is 101 Å². The fraction of sp³-hybridized carbons (Fsp3) is 0.174. The maximum atomic E-state index is 13.2. The predicted molar refractivity (Wildman–Crippen MR) is 109 cm³/mol. The molecule has 1 heterocycles. The molecular formula is C23H18F3NO3S. The molecule has 3 aromatic rings. The average molecular weight is 445 g/mol. The van der Waals surface area contributed by atoms with Crippen molar-refractivity contribution in [2.45, 2.75) is 30.1 Å². The predicted octanol–water partition coefficient (Wildman–Crippen LogP) is 5.01. The third-order valence-corrected chi connectivity index (χ3v) is 7.14.